The first kappa shape index (κ1) is 15.0. The zero-order chi connectivity index (χ0) is 14.9. The molecule has 2 rings (SSSR count). The Balaban J connectivity index is 2.21. The highest BCUT2D eigenvalue weighted by Gasteiger charge is 2.25. The van der Waals surface area contributed by atoms with Gasteiger partial charge in [0.1, 0.15) is 0 Å². The van der Waals surface area contributed by atoms with Crippen LogP contribution in [0.2, 0.25) is 0 Å². The topological polar surface area (TPSA) is 57.7 Å². The summed E-state index contributed by atoms with van der Waals surface area (Å²) in [6, 6.07) is 6.06. The van der Waals surface area contributed by atoms with Gasteiger partial charge < -0.3 is 4.90 Å². The van der Waals surface area contributed by atoms with Crippen molar-refractivity contribution in [3.63, 3.8) is 0 Å². The zero-order valence-electron chi connectivity index (χ0n) is 12.0. The van der Waals surface area contributed by atoms with E-state index in [0.717, 1.165) is 19.5 Å². The Bertz CT molecular complexity index is 589. The Kier molecular flexibility index (Phi) is 4.15. The highest BCUT2D eigenvalue weighted by Crippen LogP contribution is 2.19. The highest BCUT2D eigenvalue weighted by atomic mass is 32.2. The molecule has 1 amide bonds. The largest absolute Gasteiger partial charge is 0.339 e. The maximum Gasteiger partial charge on any atom is 0.253 e. The average Bonchev–Trinajstić information content (AvgIpc) is 2.35. The average molecular weight is 296 g/mol. The van der Waals surface area contributed by atoms with Gasteiger partial charge >= 0.3 is 0 Å². The van der Waals surface area contributed by atoms with E-state index in [1.807, 2.05) is 13.8 Å². The minimum absolute atomic E-state index is 0.0302. The van der Waals surface area contributed by atoms with Gasteiger partial charge in [-0.25, -0.2) is 8.42 Å². The van der Waals surface area contributed by atoms with E-state index < -0.39 is 10.0 Å². The number of hydrogen-bond acceptors (Lipinski definition) is 3. The molecule has 1 aliphatic rings. The maximum atomic E-state index is 12.3. The summed E-state index contributed by atoms with van der Waals surface area (Å²) < 4.78 is 25.9. The van der Waals surface area contributed by atoms with Crippen LogP contribution < -0.4 is 0 Å². The van der Waals surface area contributed by atoms with Crippen LogP contribution in [0.5, 0.6) is 0 Å². The summed E-state index contributed by atoms with van der Waals surface area (Å²) in [7, 11) is -1.93. The van der Waals surface area contributed by atoms with Gasteiger partial charge in [-0.2, -0.15) is 4.31 Å². The SMILES string of the molecule is CC(C)N(C)S(=O)(=O)c1ccc(C(=O)N2CCC2)cc1. The number of likely N-dealkylation sites (tertiary alicyclic amines) is 1. The number of sulfonamides is 1. The molecule has 1 saturated heterocycles. The van der Waals surface area contributed by atoms with Crippen LogP contribution in [0.3, 0.4) is 0 Å². The van der Waals surface area contributed by atoms with Gasteiger partial charge in [0.25, 0.3) is 5.91 Å². The summed E-state index contributed by atoms with van der Waals surface area (Å²) in [6.45, 7) is 5.21. The van der Waals surface area contributed by atoms with Crippen LogP contribution in [0.15, 0.2) is 29.2 Å². The minimum atomic E-state index is -3.48. The summed E-state index contributed by atoms with van der Waals surface area (Å²) in [4.78, 5) is 14.0. The molecule has 0 aliphatic carbocycles. The van der Waals surface area contributed by atoms with Crippen LogP contribution in [0.1, 0.15) is 30.6 Å². The Labute approximate surface area is 120 Å². The molecule has 1 aromatic carbocycles. The highest BCUT2D eigenvalue weighted by molar-refractivity contribution is 7.89. The van der Waals surface area contributed by atoms with Gasteiger partial charge in [0.05, 0.1) is 4.90 Å². The molecular formula is C14H20N2O3S. The summed E-state index contributed by atoms with van der Waals surface area (Å²) in [5.41, 5.74) is 0.538. The van der Waals surface area contributed by atoms with Crippen molar-refractivity contribution in [2.75, 3.05) is 20.1 Å². The van der Waals surface area contributed by atoms with Crippen LogP contribution in [0.4, 0.5) is 0 Å². The van der Waals surface area contributed by atoms with Crippen molar-refractivity contribution in [3.05, 3.63) is 29.8 Å². The second-order valence-corrected chi connectivity index (χ2v) is 7.28. The van der Waals surface area contributed by atoms with Gasteiger partial charge in [-0.05, 0) is 44.5 Å². The lowest BCUT2D eigenvalue weighted by Crippen LogP contribution is -2.42. The molecule has 0 atom stereocenters. The van der Waals surface area contributed by atoms with Crippen LogP contribution in [0, 0.1) is 0 Å². The number of benzene rings is 1. The molecule has 5 nitrogen and oxygen atoms in total. The second kappa shape index (κ2) is 5.54. The molecule has 0 saturated carbocycles. The zero-order valence-corrected chi connectivity index (χ0v) is 12.9. The van der Waals surface area contributed by atoms with Crippen molar-refractivity contribution in [3.8, 4) is 0 Å². The van der Waals surface area contributed by atoms with Gasteiger partial charge in [-0.15, -0.1) is 0 Å². The van der Waals surface area contributed by atoms with Gasteiger partial charge in [0, 0.05) is 31.7 Å². The normalized spacial score (nSPS) is 15.6. The molecule has 1 aromatic rings. The quantitative estimate of drug-likeness (QED) is 0.847. The molecule has 20 heavy (non-hydrogen) atoms. The van der Waals surface area contributed by atoms with Crippen LogP contribution in [-0.4, -0.2) is 49.7 Å². The third kappa shape index (κ3) is 2.71. The van der Waals surface area contributed by atoms with E-state index in [0.29, 0.717) is 5.56 Å². The molecule has 1 heterocycles. The van der Waals surface area contributed by atoms with Crippen LogP contribution in [-0.2, 0) is 10.0 Å². The molecule has 110 valence electrons. The first-order valence-corrected chi connectivity index (χ1v) is 8.15. The lowest BCUT2D eigenvalue weighted by atomic mass is 10.1. The van der Waals surface area contributed by atoms with Gasteiger partial charge in [-0.3, -0.25) is 4.79 Å². The van der Waals surface area contributed by atoms with E-state index in [1.165, 1.54) is 16.4 Å². The summed E-state index contributed by atoms with van der Waals surface area (Å²) >= 11 is 0. The smallest absolute Gasteiger partial charge is 0.253 e. The Morgan fingerprint density at radius 3 is 2.15 bits per heavy atom. The van der Waals surface area contributed by atoms with Gasteiger partial charge in [0.15, 0.2) is 0 Å². The minimum Gasteiger partial charge on any atom is -0.339 e. The third-order valence-corrected chi connectivity index (χ3v) is 5.70. The van der Waals surface area contributed by atoms with E-state index >= 15 is 0 Å². The molecule has 1 aliphatic heterocycles. The lowest BCUT2D eigenvalue weighted by Gasteiger charge is -2.31. The number of rotatable bonds is 4. The fourth-order valence-corrected chi connectivity index (χ4v) is 3.28. The van der Waals surface area contributed by atoms with Crippen molar-refractivity contribution >= 4 is 15.9 Å². The standard InChI is InChI=1S/C14H20N2O3S/c1-11(2)15(3)20(18,19)13-7-5-12(6-8-13)14(17)16-9-4-10-16/h5-8,11H,4,9-10H2,1-3H3. The number of hydrogen-bond donors (Lipinski definition) is 0. The van der Waals surface area contributed by atoms with Crippen molar-refractivity contribution in [1.82, 2.24) is 9.21 Å². The maximum absolute atomic E-state index is 12.3. The predicted molar refractivity (Wildman–Crippen MR) is 77.0 cm³/mol. The molecule has 0 spiro atoms. The predicted octanol–water partition coefficient (Wildman–Crippen LogP) is 1.56. The van der Waals surface area contributed by atoms with E-state index in [-0.39, 0.29) is 16.8 Å². The fourth-order valence-electron chi connectivity index (χ4n) is 1.92. The fraction of sp³-hybridized carbons (Fsp3) is 0.500. The number of carbonyl (C=O) groups excluding carboxylic acids is 1. The Hall–Kier alpha value is -1.40. The number of carbonyl (C=O) groups is 1. The molecular weight excluding hydrogens is 276 g/mol. The van der Waals surface area contributed by atoms with Crippen LogP contribution >= 0.6 is 0 Å². The summed E-state index contributed by atoms with van der Waals surface area (Å²) in [5.74, 6) is -0.0302. The van der Waals surface area contributed by atoms with Gasteiger partial charge in [-0.1, -0.05) is 0 Å². The second-order valence-electron chi connectivity index (χ2n) is 5.29. The van der Waals surface area contributed by atoms with E-state index in [1.54, 1.807) is 24.1 Å². The lowest BCUT2D eigenvalue weighted by molar-refractivity contribution is 0.0651. The molecule has 0 radical (unpaired) electrons. The molecule has 6 heteroatoms. The Morgan fingerprint density at radius 2 is 1.75 bits per heavy atom. The summed E-state index contributed by atoms with van der Waals surface area (Å²) in [5, 5.41) is 0. The summed E-state index contributed by atoms with van der Waals surface area (Å²) in [6.07, 6.45) is 1.04. The van der Waals surface area contributed by atoms with E-state index in [9.17, 15) is 13.2 Å². The van der Waals surface area contributed by atoms with Crippen LogP contribution in [0.25, 0.3) is 0 Å². The number of nitrogens with zero attached hydrogens (tertiary/aromatic N) is 2. The monoisotopic (exact) mass is 296 g/mol. The molecule has 1 fully saturated rings. The van der Waals surface area contributed by atoms with Gasteiger partial charge in [0.2, 0.25) is 10.0 Å². The Morgan fingerprint density at radius 1 is 1.20 bits per heavy atom. The van der Waals surface area contributed by atoms with E-state index in [4.69, 9.17) is 0 Å². The molecule has 0 unspecified atom stereocenters. The first-order valence-electron chi connectivity index (χ1n) is 6.71. The van der Waals surface area contributed by atoms with Crippen molar-refractivity contribution in [2.45, 2.75) is 31.2 Å². The van der Waals surface area contributed by atoms with E-state index in [2.05, 4.69) is 0 Å². The van der Waals surface area contributed by atoms with Crippen molar-refractivity contribution in [2.24, 2.45) is 0 Å². The number of amides is 1. The molecule has 0 bridgehead atoms. The van der Waals surface area contributed by atoms with Crippen molar-refractivity contribution in [1.29, 1.82) is 0 Å². The molecule has 0 aromatic heterocycles. The molecule has 0 N–H and O–H groups in total. The third-order valence-electron chi connectivity index (χ3n) is 3.65. The first-order chi connectivity index (χ1) is 9.34. The van der Waals surface area contributed by atoms with Crippen molar-refractivity contribution < 1.29 is 13.2 Å².